The number of benzene rings is 1. The maximum atomic E-state index is 5.98. The van der Waals surface area contributed by atoms with Crippen LogP contribution in [-0.2, 0) is 0 Å². The molecule has 0 saturated heterocycles. The lowest BCUT2D eigenvalue weighted by Crippen LogP contribution is -2.26. The van der Waals surface area contributed by atoms with E-state index in [1.165, 1.54) is 0 Å². The Morgan fingerprint density at radius 3 is 2.50 bits per heavy atom. The Morgan fingerprint density at radius 1 is 1.43 bits per heavy atom. The van der Waals surface area contributed by atoms with Crippen LogP contribution in [0.15, 0.2) is 23.1 Å². The average molecular weight is 232 g/mol. The van der Waals surface area contributed by atoms with Crippen LogP contribution in [0.3, 0.4) is 0 Å². The van der Waals surface area contributed by atoms with Gasteiger partial charge >= 0.3 is 0 Å². The summed E-state index contributed by atoms with van der Waals surface area (Å²) in [5.74, 6) is 0.686. The van der Waals surface area contributed by atoms with Gasteiger partial charge in [-0.3, -0.25) is 0 Å². The summed E-state index contributed by atoms with van der Waals surface area (Å²) >= 11 is 7.55. The first kappa shape index (κ1) is 11.7. The monoisotopic (exact) mass is 231 g/mol. The zero-order chi connectivity index (χ0) is 10.8. The Bertz CT molecular complexity index is 322. The van der Waals surface area contributed by atoms with Crippen molar-refractivity contribution in [1.82, 2.24) is 0 Å². The number of ether oxygens (including phenoxy) is 1. The van der Waals surface area contributed by atoms with Gasteiger partial charge in [-0.2, -0.15) is 0 Å². The summed E-state index contributed by atoms with van der Waals surface area (Å²) in [6.07, 6.45) is 0. The van der Waals surface area contributed by atoms with E-state index in [1.807, 2.05) is 32.0 Å². The van der Waals surface area contributed by atoms with Crippen LogP contribution in [0.1, 0.15) is 13.8 Å². The van der Waals surface area contributed by atoms with Crippen molar-refractivity contribution in [3.05, 3.63) is 23.2 Å². The molecule has 0 saturated carbocycles. The molecule has 1 aromatic carbocycles. The van der Waals surface area contributed by atoms with Gasteiger partial charge in [0.2, 0.25) is 0 Å². The van der Waals surface area contributed by atoms with Crippen LogP contribution in [-0.4, -0.2) is 12.0 Å². The van der Waals surface area contributed by atoms with E-state index in [9.17, 15) is 0 Å². The second-order valence-corrected chi connectivity index (χ2v) is 5.64. The highest BCUT2D eigenvalue weighted by Gasteiger charge is 2.13. The van der Waals surface area contributed by atoms with Crippen molar-refractivity contribution in [3.8, 4) is 5.75 Å². The molecule has 0 heterocycles. The molecule has 0 bridgehead atoms. The maximum absolute atomic E-state index is 5.98. The van der Waals surface area contributed by atoms with Gasteiger partial charge in [0, 0.05) is 4.90 Å². The van der Waals surface area contributed by atoms with Crippen molar-refractivity contribution in [3.63, 3.8) is 0 Å². The SMILES string of the molecule is COc1ccc(SC(C)(C)N)cc1Cl. The number of thioether (sulfide) groups is 1. The third-order valence-corrected chi connectivity index (χ3v) is 2.82. The minimum Gasteiger partial charge on any atom is -0.495 e. The molecule has 4 heteroatoms. The van der Waals surface area contributed by atoms with E-state index in [-0.39, 0.29) is 4.87 Å². The van der Waals surface area contributed by atoms with Crippen molar-refractivity contribution in [2.24, 2.45) is 5.73 Å². The van der Waals surface area contributed by atoms with Crippen LogP contribution in [0.25, 0.3) is 0 Å². The predicted molar refractivity (Wildman–Crippen MR) is 62.1 cm³/mol. The third-order valence-electron chi connectivity index (χ3n) is 1.50. The van der Waals surface area contributed by atoms with Crippen molar-refractivity contribution >= 4 is 23.4 Å². The molecule has 0 radical (unpaired) electrons. The van der Waals surface area contributed by atoms with E-state index < -0.39 is 0 Å². The molecule has 14 heavy (non-hydrogen) atoms. The quantitative estimate of drug-likeness (QED) is 0.641. The van der Waals surface area contributed by atoms with Crippen LogP contribution in [0.2, 0.25) is 5.02 Å². The van der Waals surface area contributed by atoms with Gasteiger partial charge in [-0.15, -0.1) is 11.8 Å². The number of methoxy groups -OCH3 is 1. The molecular formula is C10H14ClNOS. The number of hydrogen-bond donors (Lipinski definition) is 1. The summed E-state index contributed by atoms with van der Waals surface area (Å²) in [7, 11) is 1.60. The number of nitrogens with two attached hydrogens (primary N) is 1. The van der Waals surface area contributed by atoms with Gasteiger partial charge in [0.05, 0.1) is 17.0 Å². The topological polar surface area (TPSA) is 35.2 Å². The Labute approximate surface area is 93.8 Å². The fraction of sp³-hybridized carbons (Fsp3) is 0.400. The predicted octanol–water partition coefficient (Wildman–Crippen LogP) is 3.14. The van der Waals surface area contributed by atoms with E-state index in [2.05, 4.69) is 0 Å². The van der Waals surface area contributed by atoms with Crippen LogP contribution in [0, 0.1) is 0 Å². The highest BCUT2D eigenvalue weighted by molar-refractivity contribution is 8.00. The molecule has 1 rings (SSSR count). The Hall–Kier alpha value is -0.380. The van der Waals surface area contributed by atoms with E-state index >= 15 is 0 Å². The molecule has 0 atom stereocenters. The number of hydrogen-bond acceptors (Lipinski definition) is 3. The normalized spacial score (nSPS) is 11.5. The molecule has 2 nitrogen and oxygen atoms in total. The molecular weight excluding hydrogens is 218 g/mol. The lowest BCUT2D eigenvalue weighted by molar-refractivity contribution is 0.414. The van der Waals surface area contributed by atoms with Gasteiger partial charge in [0.25, 0.3) is 0 Å². The summed E-state index contributed by atoms with van der Waals surface area (Å²) in [5, 5.41) is 0.613. The molecule has 0 aliphatic rings. The van der Waals surface area contributed by atoms with Gasteiger partial charge in [-0.05, 0) is 32.0 Å². The molecule has 0 aromatic heterocycles. The summed E-state index contributed by atoms with van der Waals surface area (Å²) in [6.45, 7) is 3.91. The van der Waals surface area contributed by atoms with Crippen LogP contribution < -0.4 is 10.5 Å². The first-order valence-electron chi connectivity index (χ1n) is 4.24. The molecule has 0 amide bonds. The zero-order valence-corrected chi connectivity index (χ0v) is 10.1. The number of halogens is 1. The number of rotatable bonds is 3. The van der Waals surface area contributed by atoms with Crippen molar-refractivity contribution in [2.45, 2.75) is 23.6 Å². The minimum absolute atomic E-state index is 0.294. The highest BCUT2D eigenvalue weighted by Crippen LogP contribution is 2.33. The highest BCUT2D eigenvalue weighted by atomic mass is 35.5. The van der Waals surface area contributed by atoms with Gasteiger partial charge in [0.15, 0.2) is 0 Å². The molecule has 0 unspecified atom stereocenters. The van der Waals surface area contributed by atoms with E-state index in [1.54, 1.807) is 18.9 Å². The molecule has 78 valence electrons. The third kappa shape index (κ3) is 3.40. The second kappa shape index (κ2) is 4.43. The lowest BCUT2D eigenvalue weighted by atomic mass is 10.3. The zero-order valence-electron chi connectivity index (χ0n) is 8.50. The largest absolute Gasteiger partial charge is 0.495 e. The standard InChI is InChI=1S/C10H14ClNOS/c1-10(2,12)14-7-4-5-9(13-3)8(11)6-7/h4-6H,12H2,1-3H3. The Balaban J connectivity index is 2.87. The van der Waals surface area contributed by atoms with Gasteiger partial charge in [-0.1, -0.05) is 11.6 Å². The first-order valence-corrected chi connectivity index (χ1v) is 5.43. The Morgan fingerprint density at radius 2 is 2.07 bits per heavy atom. The molecule has 2 N–H and O–H groups in total. The van der Waals surface area contributed by atoms with E-state index in [4.69, 9.17) is 22.1 Å². The molecule has 1 aromatic rings. The van der Waals surface area contributed by atoms with Gasteiger partial charge in [-0.25, -0.2) is 0 Å². The lowest BCUT2D eigenvalue weighted by Gasteiger charge is -2.18. The van der Waals surface area contributed by atoms with Crippen molar-refractivity contribution in [2.75, 3.05) is 7.11 Å². The van der Waals surface area contributed by atoms with Crippen LogP contribution in [0.4, 0.5) is 0 Å². The Kier molecular flexibility index (Phi) is 3.70. The van der Waals surface area contributed by atoms with Crippen LogP contribution in [0.5, 0.6) is 5.75 Å². The maximum Gasteiger partial charge on any atom is 0.137 e. The fourth-order valence-corrected chi connectivity index (χ4v) is 2.26. The van der Waals surface area contributed by atoms with Crippen molar-refractivity contribution in [1.29, 1.82) is 0 Å². The summed E-state index contributed by atoms with van der Waals surface area (Å²) in [5.41, 5.74) is 5.88. The van der Waals surface area contributed by atoms with E-state index in [0.29, 0.717) is 10.8 Å². The molecule has 0 aliphatic heterocycles. The van der Waals surface area contributed by atoms with Gasteiger partial charge in [0.1, 0.15) is 5.75 Å². The first-order chi connectivity index (χ1) is 6.42. The fourth-order valence-electron chi connectivity index (χ4n) is 1.01. The van der Waals surface area contributed by atoms with Gasteiger partial charge < -0.3 is 10.5 Å². The minimum atomic E-state index is -0.294. The summed E-state index contributed by atoms with van der Waals surface area (Å²) in [4.78, 5) is 0.751. The second-order valence-electron chi connectivity index (χ2n) is 3.50. The van der Waals surface area contributed by atoms with E-state index in [0.717, 1.165) is 4.90 Å². The smallest absolute Gasteiger partial charge is 0.137 e. The van der Waals surface area contributed by atoms with Crippen molar-refractivity contribution < 1.29 is 4.74 Å². The molecule has 0 aliphatic carbocycles. The summed E-state index contributed by atoms with van der Waals surface area (Å²) < 4.78 is 5.06. The van der Waals surface area contributed by atoms with Crippen LogP contribution >= 0.6 is 23.4 Å². The average Bonchev–Trinajstić information content (AvgIpc) is 2.01. The molecule has 0 spiro atoms. The summed E-state index contributed by atoms with van der Waals surface area (Å²) in [6, 6.07) is 5.65. The molecule has 0 fully saturated rings.